The molecule has 0 aliphatic rings. The van der Waals surface area contributed by atoms with Gasteiger partial charge in [0.2, 0.25) is 0 Å². The van der Waals surface area contributed by atoms with E-state index in [2.05, 4.69) is 0 Å². The van der Waals surface area contributed by atoms with Crippen molar-refractivity contribution >= 4 is 11.6 Å². The maximum Gasteiger partial charge on any atom is 0.142 e. The van der Waals surface area contributed by atoms with Crippen molar-refractivity contribution in [2.45, 2.75) is 25.8 Å². The lowest BCUT2D eigenvalue weighted by molar-refractivity contribution is 0.620. The van der Waals surface area contributed by atoms with E-state index in [0.717, 1.165) is 18.4 Å². The Morgan fingerprint density at radius 1 is 1.54 bits per heavy atom. The Labute approximate surface area is 82.7 Å². The third-order valence-electron chi connectivity index (χ3n) is 1.87. The van der Waals surface area contributed by atoms with Crippen molar-refractivity contribution in [2.24, 2.45) is 5.73 Å². The standard InChI is InChI=1S/C10H13ClFN/c1-7(13)2-3-8-4-5-9(11)10(12)6-8/h4-7H,2-3,13H2,1H3/t7-/m1/s1. The van der Waals surface area contributed by atoms with Gasteiger partial charge in [-0.3, -0.25) is 0 Å². The van der Waals surface area contributed by atoms with Crippen molar-refractivity contribution < 1.29 is 4.39 Å². The summed E-state index contributed by atoms with van der Waals surface area (Å²) in [5, 5.41) is 0.171. The molecule has 0 aromatic heterocycles. The predicted molar refractivity (Wildman–Crippen MR) is 53.4 cm³/mol. The molecule has 0 aliphatic heterocycles. The van der Waals surface area contributed by atoms with Crippen molar-refractivity contribution in [2.75, 3.05) is 0 Å². The van der Waals surface area contributed by atoms with Crippen LogP contribution in [-0.2, 0) is 6.42 Å². The van der Waals surface area contributed by atoms with Crippen LogP contribution in [0.25, 0.3) is 0 Å². The van der Waals surface area contributed by atoms with Gasteiger partial charge in [0.25, 0.3) is 0 Å². The van der Waals surface area contributed by atoms with E-state index in [1.165, 1.54) is 6.07 Å². The molecular formula is C10H13ClFN. The van der Waals surface area contributed by atoms with E-state index >= 15 is 0 Å². The van der Waals surface area contributed by atoms with Crippen LogP contribution < -0.4 is 5.73 Å². The van der Waals surface area contributed by atoms with Crippen molar-refractivity contribution in [1.29, 1.82) is 0 Å². The third-order valence-corrected chi connectivity index (χ3v) is 2.18. The SMILES string of the molecule is C[C@@H](N)CCc1ccc(Cl)c(F)c1. The first-order valence-corrected chi connectivity index (χ1v) is 4.67. The zero-order valence-corrected chi connectivity index (χ0v) is 8.31. The van der Waals surface area contributed by atoms with Gasteiger partial charge in [-0.1, -0.05) is 17.7 Å². The lowest BCUT2D eigenvalue weighted by Gasteiger charge is -2.05. The summed E-state index contributed by atoms with van der Waals surface area (Å²) in [5.74, 6) is -0.358. The molecular weight excluding hydrogens is 189 g/mol. The fraction of sp³-hybridized carbons (Fsp3) is 0.400. The molecule has 0 unspecified atom stereocenters. The zero-order valence-electron chi connectivity index (χ0n) is 7.56. The third kappa shape index (κ3) is 3.33. The fourth-order valence-electron chi connectivity index (χ4n) is 1.09. The van der Waals surface area contributed by atoms with Gasteiger partial charge in [0.05, 0.1) is 5.02 Å². The summed E-state index contributed by atoms with van der Waals surface area (Å²) >= 11 is 5.54. The monoisotopic (exact) mass is 201 g/mol. The molecule has 0 bridgehead atoms. The second-order valence-electron chi connectivity index (χ2n) is 3.26. The minimum absolute atomic E-state index is 0.152. The van der Waals surface area contributed by atoms with E-state index in [0.29, 0.717) is 0 Å². The minimum atomic E-state index is -0.358. The Bertz CT molecular complexity index is 286. The molecule has 0 fully saturated rings. The lowest BCUT2D eigenvalue weighted by Crippen LogP contribution is -2.15. The van der Waals surface area contributed by atoms with Crippen molar-refractivity contribution in [1.82, 2.24) is 0 Å². The van der Waals surface area contributed by atoms with Gasteiger partial charge in [0.1, 0.15) is 5.82 Å². The lowest BCUT2D eigenvalue weighted by atomic mass is 10.1. The highest BCUT2D eigenvalue weighted by atomic mass is 35.5. The van der Waals surface area contributed by atoms with Gasteiger partial charge in [0, 0.05) is 6.04 Å². The molecule has 0 heterocycles. The molecule has 2 N–H and O–H groups in total. The molecule has 0 saturated heterocycles. The average Bonchev–Trinajstić information content (AvgIpc) is 2.07. The Morgan fingerprint density at radius 3 is 2.77 bits per heavy atom. The number of hydrogen-bond acceptors (Lipinski definition) is 1. The second-order valence-corrected chi connectivity index (χ2v) is 3.67. The van der Waals surface area contributed by atoms with Crippen LogP contribution in [0.2, 0.25) is 5.02 Å². The summed E-state index contributed by atoms with van der Waals surface area (Å²) in [6, 6.07) is 5.02. The Balaban J connectivity index is 2.63. The molecule has 72 valence electrons. The van der Waals surface area contributed by atoms with Gasteiger partial charge in [-0.2, -0.15) is 0 Å². The Kier molecular flexibility index (Phi) is 3.70. The maximum absolute atomic E-state index is 12.9. The van der Waals surface area contributed by atoms with Crippen molar-refractivity contribution in [3.63, 3.8) is 0 Å². The summed E-state index contributed by atoms with van der Waals surface area (Å²) in [5.41, 5.74) is 6.53. The number of hydrogen-bond donors (Lipinski definition) is 1. The number of aryl methyl sites for hydroxylation is 1. The minimum Gasteiger partial charge on any atom is -0.328 e. The van der Waals surface area contributed by atoms with Gasteiger partial charge in [0.15, 0.2) is 0 Å². The highest BCUT2D eigenvalue weighted by Gasteiger charge is 2.01. The van der Waals surface area contributed by atoms with Crippen LogP contribution in [-0.4, -0.2) is 6.04 Å². The molecule has 1 rings (SSSR count). The summed E-state index contributed by atoms with van der Waals surface area (Å²) in [4.78, 5) is 0. The number of halogens is 2. The van der Waals surface area contributed by atoms with Crippen LogP contribution in [0.1, 0.15) is 18.9 Å². The van der Waals surface area contributed by atoms with E-state index in [1.807, 2.05) is 13.0 Å². The second kappa shape index (κ2) is 4.58. The van der Waals surface area contributed by atoms with Gasteiger partial charge in [-0.25, -0.2) is 4.39 Å². The quantitative estimate of drug-likeness (QED) is 0.800. The van der Waals surface area contributed by atoms with Gasteiger partial charge in [-0.05, 0) is 37.5 Å². The first kappa shape index (κ1) is 10.5. The van der Waals surface area contributed by atoms with E-state index < -0.39 is 0 Å². The smallest absolute Gasteiger partial charge is 0.142 e. The maximum atomic E-state index is 12.9. The Hall–Kier alpha value is -0.600. The first-order chi connectivity index (χ1) is 6.09. The number of nitrogens with two attached hydrogens (primary N) is 1. The molecule has 0 radical (unpaired) electrons. The van der Waals surface area contributed by atoms with Crippen LogP contribution in [0, 0.1) is 5.82 Å². The summed E-state index contributed by atoms with van der Waals surface area (Å²) in [7, 11) is 0. The first-order valence-electron chi connectivity index (χ1n) is 4.29. The highest BCUT2D eigenvalue weighted by Crippen LogP contribution is 2.16. The average molecular weight is 202 g/mol. The largest absolute Gasteiger partial charge is 0.328 e. The van der Waals surface area contributed by atoms with Crippen molar-refractivity contribution in [3.8, 4) is 0 Å². The molecule has 0 spiro atoms. The van der Waals surface area contributed by atoms with Crippen LogP contribution in [0.3, 0.4) is 0 Å². The molecule has 1 aromatic rings. The summed E-state index contributed by atoms with van der Waals surface area (Å²) in [6.07, 6.45) is 1.66. The van der Waals surface area contributed by atoms with E-state index in [1.54, 1.807) is 6.07 Å². The van der Waals surface area contributed by atoms with Crippen LogP contribution in [0.4, 0.5) is 4.39 Å². The molecule has 0 aliphatic carbocycles. The molecule has 1 aromatic carbocycles. The molecule has 0 amide bonds. The van der Waals surface area contributed by atoms with Crippen molar-refractivity contribution in [3.05, 3.63) is 34.6 Å². The van der Waals surface area contributed by atoms with Gasteiger partial charge >= 0.3 is 0 Å². The predicted octanol–water partition coefficient (Wildman–Crippen LogP) is 2.76. The highest BCUT2D eigenvalue weighted by molar-refractivity contribution is 6.30. The van der Waals surface area contributed by atoms with Crippen LogP contribution in [0.5, 0.6) is 0 Å². The molecule has 3 heteroatoms. The van der Waals surface area contributed by atoms with Gasteiger partial charge in [-0.15, -0.1) is 0 Å². The van der Waals surface area contributed by atoms with Gasteiger partial charge < -0.3 is 5.73 Å². The van der Waals surface area contributed by atoms with Crippen LogP contribution >= 0.6 is 11.6 Å². The molecule has 0 saturated carbocycles. The fourth-order valence-corrected chi connectivity index (χ4v) is 1.21. The van der Waals surface area contributed by atoms with E-state index in [-0.39, 0.29) is 16.9 Å². The number of benzene rings is 1. The van der Waals surface area contributed by atoms with Crippen LogP contribution in [0.15, 0.2) is 18.2 Å². The number of rotatable bonds is 3. The molecule has 1 atom stereocenters. The Morgan fingerprint density at radius 2 is 2.23 bits per heavy atom. The normalized spacial score (nSPS) is 12.9. The molecule has 1 nitrogen and oxygen atoms in total. The van der Waals surface area contributed by atoms with E-state index in [4.69, 9.17) is 17.3 Å². The van der Waals surface area contributed by atoms with E-state index in [9.17, 15) is 4.39 Å². The topological polar surface area (TPSA) is 26.0 Å². The molecule has 13 heavy (non-hydrogen) atoms. The summed E-state index contributed by atoms with van der Waals surface area (Å²) in [6.45, 7) is 1.94. The zero-order chi connectivity index (χ0) is 9.84. The summed E-state index contributed by atoms with van der Waals surface area (Å²) < 4.78 is 12.9.